The Kier molecular flexibility index (Phi) is 10.5. The molecule has 0 saturated carbocycles. The molecule has 0 N–H and O–H groups in total. The molecule has 0 radical (unpaired) electrons. The van der Waals surface area contributed by atoms with E-state index in [1.165, 1.54) is 56.6 Å². The van der Waals surface area contributed by atoms with Crippen molar-refractivity contribution in [3.8, 4) is 22.6 Å². The second kappa shape index (κ2) is 13.3. The summed E-state index contributed by atoms with van der Waals surface area (Å²) in [5.74, 6) is 1.54. The molecule has 0 amide bonds. The van der Waals surface area contributed by atoms with E-state index >= 15 is 0 Å². The number of benzene rings is 3. The molecule has 0 aliphatic rings. The summed E-state index contributed by atoms with van der Waals surface area (Å²) in [4.78, 5) is 0. The Balaban J connectivity index is 0.000000203. The minimum absolute atomic E-state index is 0.203. The van der Waals surface area contributed by atoms with E-state index in [0.717, 1.165) is 22.6 Å². The third-order valence-corrected chi connectivity index (χ3v) is 6.81. The number of ether oxygens (including phenoxy) is 2. The summed E-state index contributed by atoms with van der Waals surface area (Å²) in [7, 11) is 3.30. The minimum atomic E-state index is 0.203. The first-order chi connectivity index (χ1) is 18.8. The maximum absolute atomic E-state index is 5.37. The molecule has 0 heterocycles. The third-order valence-electron chi connectivity index (χ3n) is 6.81. The second-order valence-corrected chi connectivity index (χ2v) is 16.1. The molecular weight excluding hydrogens is 655 g/mol. The van der Waals surface area contributed by atoms with Crippen LogP contribution in [0.15, 0.2) is 84.9 Å². The van der Waals surface area contributed by atoms with Crippen LogP contribution in [0.25, 0.3) is 32.7 Å². The summed E-state index contributed by atoms with van der Waals surface area (Å²) < 4.78 is 12.2. The van der Waals surface area contributed by atoms with Gasteiger partial charge in [0.15, 0.2) is 5.75 Å². The van der Waals surface area contributed by atoms with E-state index in [1.807, 2.05) is 30.3 Å². The van der Waals surface area contributed by atoms with Gasteiger partial charge >= 0.3 is 41.0 Å². The van der Waals surface area contributed by atoms with Crippen molar-refractivity contribution in [3.63, 3.8) is 0 Å². The number of fused-ring (bicyclic) bond motifs is 3. The summed E-state index contributed by atoms with van der Waals surface area (Å²) in [5.41, 5.74) is 5.41. The predicted octanol–water partition coefficient (Wildman–Crippen LogP) is 10.1. The Bertz CT molecular complexity index is 1480. The molecule has 0 spiro atoms. The summed E-state index contributed by atoms with van der Waals surface area (Å²) in [6.07, 6.45) is 0. The topological polar surface area (TPSA) is 18.5 Å². The van der Waals surface area contributed by atoms with E-state index in [1.54, 1.807) is 17.5 Å². The van der Waals surface area contributed by atoms with Crippen molar-refractivity contribution in [2.75, 3.05) is 14.2 Å². The first-order valence-corrected chi connectivity index (χ1v) is 15.6. The van der Waals surface area contributed by atoms with E-state index in [9.17, 15) is 0 Å². The number of hydrogen-bond donors (Lipinski definition) is 0. The van der Waals surface area contributed by atoms with Gasteiger partial charge in [-0.25, -0.2) is 0 Å². The number of rotatable bonds is 3. The summed E-state index contributed by atoms with van der Waals surface area (Å²) >= 11 is 1.27. The first kappa shape index (κ1) is 31.7. The first-order valence-electron chi connectivity index (χ1n) is 13.8. The fourth-order valence-corrected chi connectivity index (χ4v) is 4.62. The molecule has 0 unspecified atom stereocenters. The molecule has 0 aliphatic heterocycles. The molecule has 40 heavy (non-hydrogen) atoms. The third kappa shape index (κ3) is 7.91. The number of hydrogen-bond acceptors (Lipinski definition) is 2. The van der Waals surface area contributed by atoms with Crippen molar-refractivity contribution in [1.29, 1.82) is 0 Å². The summed E-state index contributed by atoms with van der Waals surface area (Å²) in [6, 6.07) is 30.2. The van der Waals surface area contributed by atoms with Crippen LogP contribution in [0.2, 0.25) is 0 Å². The quantitative estimate of drug-likeness (QED) is 0.138. The zero-order valence-electron chi connectivity index (χ0n) is 25.9. The number of para-hydroxylation sites is 1. The van der Waals surface area contributed by atoms with Crippen LogP contribution in [0.5, 0.6) is 11.5 Å². The zero-order valence-corrected chi connectivity index (χ0v) is 29.5. The van der Waals surface area contributed by atoms with E-state index < -0.39 is 0 Å². The fourth-order valence-electron chi connectivity index (χ4n) is 4.62. The van der Waals surface area contributed by atoms with Crippen molar-refractivity contribution >= 4 is 24.8 Å². The van der Waals surface area contributed by atoms with Crippen LogP contribution >= 0.6 is 0 Å². The normalized spacial score (nSPS) is 11.4. The van der Waals surface area contributed by atoms with Crippen molar-refractivity contribution in [2.24, 2.45) is 0 Å². The Hall–Kier alpha value is -2.78. The molecule has 0 saturated heterocycles. The van der Waals surface area contributed by atoms with Gasteiger partial charge in [0.25, 0.3) is 0 Å². The van der Waals surface area contributed by atoms with E-state index in [2.05, 4.69) is 110 Å². The van der Waals surface area contributed by atoms with Gasteiger partial charge in [0.05, 0.1) is 14.2 Å². The van der Waals surface area contributed by atoms with Crippen LogP contribution in [-0.2, 0) is 34.7 Å². The van der Waals surface area contributed by atoms with Gasteiger partial charge in [-0.15, -0.1) is 51.4 Å². The second-order valence-electron chi connectivity index (χ2n) is 12.5. The maximum atomic E-state index is 5.37. The Labute approximate surface area is 256 Å². The van der Waals surface area contributed by atoms with Crippen LogP contribution in [0, 0.1) is 0 Å². The molecule has 2 nitrogen and oxygen atoms in total. The van der Waals surface area contributed by atoms with Crippen LogP contribution in [-0.4, -0.2) is 17.5 Å². The van der Waals surface area contributed by atoms with Crippen LogP contribution in [0.1, 0.15) is 66.5 Å². The molecule has 0 aromatic heterocycles. The van der Waals surface area contributed by atoms with Gasteiger partial charge in [0.1, 0.15) is 5.75 Å². The van der Waals surface area contributed by atoms with Gasteiger partial charge in [0.2, 0.25) is 0 Å². The Morgan fingerprint density at radius 2 is 1.23 bits per heavy atom. The molecule has 0 aliphatic carbocycles. The fraction of sp³-hybridized carbons (Fsp3) is 0.324. The van der Waals surface area contributed by atoms with Gasteiger partial charge < -0.3 is 9.47 Å². The molecule has 0 fully saturated rings. The van der Waals surface area contributed by atoms with Gasteiger partial charge in [-0.05, 0) is 16.9 Å². The average Bonchev–Trinajstić information content (AvgIpc) is 3.54. The van der Waals surface area contributed by atoms with Crippen molar-refractivity contribution in [3.05, 3.63) is 96.1 Å². The van der Waals surface area contributed by atoms with Crippen molar-refractivity contribution < 1.29 is 33.4 Å². The SMILES string of the molecule is CC(C)(C)c1ccc2c(c1)[cH-]c1cc(C(C)(C)C)ccc12.COc1cccc(-c2ccc[cH-]2)c1OC.C[C](C)=[Hf+2]. The van der Waals surface area contributed by atoms with Crippen LogP contribution in [0.3, 0.4) is 0 Å². The van der Waals surface area contributed by atoms with Crippen molar-refractivity contribution in [1.82, 2.24) is 0 Å². The molecule has 0 atom stereocenters. The predicted molar refractivity (Wildman–Crippen MR) is 171 cm³/mol. The van der Waals surface area contributed by atoms with E-state index in [0.29, 0.717) is 0 Å². The van der Waals surface area contributed by atoms with E-state index in [-0.39, 0.29) is 10.8 Å². The van der Waals surface area contributed by atoms with Crippen molar-refractivity contribution in [2.45, 2.75) is 66.2 Å². The monoisotopic (exact) mass is 700 g/mol. The standard InChI is InChI=1S/C21H25.C13H13O2.C3H6.Hf/c1-20(2,3)16-7-9-18-14(12-16)11-15-13-17(21(4,5)6)8-10-19(15)18;1-14-12-9-5-8-11(13(12)15-2)10-6-3-4-7-10;1-3-2;/h7-13H,1-6H3;3-9H,1-2H3;1-2H3;/q2*-1;;+2. The molecule has 5 rings (SSSR count). The Morgan fingerprint density at radius 1 is 0.700 bits per heavy atom. The molecular formula is C37H44HfO2. The molecule has 0 bridgehead atoms. The van der Waals surface area contributed by atoms with Gasteiger partial charge in [-0.1, -0.05) is 94.6 Å². The van der Waals surface area contributed by atoms with Crippen LogP contribution in [0.4, 0.5) is 0 Å². The zero-order chi connectivity index (χ0) is 29.7. The van der Waals surface area contributed by atoms with E-state index in [4.69, 9.17) is 9.47 Å². The molecule has 208 valence electrons. The summed E-state index contributed by atoms with van der Waals surface area (Å²) in [6.45, 7) is 17.9. The van der Waals surface area contributed by atoms with Gasteiger partial charge in [-0.2, -0.15) is 18.2 Å². The van der Waals surface area contributed by atoms with Crippen LogP contribution < -0.4 is 9.47 Å². The van der Waals surface area contributed by atoms with Gasteiger partial charge in [-0.3, -0.25) is 0 Å². The molecule has 5 aromatic rings. The molecule has 3 heteroatoms. The van der Waals surface area contributed by atoms with Gasteiger partial charge in [0, 0.05) is 0 Å². The average molecular weight is 699 g/mol. The Morgan fingerprint density at radius 3 is 1.62 bits per heavy atom. The number of methoxy groups -OCH3 is 2. The summed E-state index contributed by atoms with van der Waals surface area (Å²) in [5, 5.41) is 5.48. The molecule has 5 aromatic carbocycles.